The number of aromatic amines is 1. The number of fused-ring (bicyclic) bond motifs is 3. The number of nitrogens with zero attached hydrogens (tertiary/aromatic N) is 15. The zero-order chi connectivity index (χ0) is 82.8. The van der Waals surface area contributed by atoms with E-state index in [0.29, 0.717) is 125 Å². The molecule has 1 N–H and O–H groups in total. The molecule has 6 aliphatic rings. The molecule has 18 rings (SSSR count). The van der Waals surface area contributed by atoms with Crippen molar-refractivity contribution in [1.82, 2.24) is 63.5 Å². The van der Waals surface area contributed by atoms with Crippen molar-refractivity contribution in [2.24, 2.45) is 0 Å². The predicted octanol–water partition coefficient (Wildman–Crippen LogP) is 12.8. The van der Waals surface area contributed by atoms with Crippen molar-refractivity contribution in [2.45, 2.75) is 86.4 Å². The van der Waals surface area contributed by atoms with Crippen LogP contribution >= 0.6 is 35.3 Å². The molecule has 0 radical (unpaired) electrons. The van der Waals surface area contributed by atoms with Crippen molar-refractivity contribution in [2.75, 3.05) is 139 Å². The summed E-state index contributed by atoms with van der Waals surface area (Å²) in [7, 11) is 4.93. The van der Waals surface area contributed by atoms with Crippen molar-refractivity contribution in [1.29, 1.82) is 0 Å². The lowest BCUT2D eigenvalue weighted by atomic mass is 9.92. The third kappa shape index (κ3) is 14.2. The number of hydrogen-bond acceptors (Lipinski definition) is 21. The molecule has 12 aromatic rings. The second-order valence-corrected chi connectivity index (χ2v) is 33.7. The van der Waals surface area contributed by atoms with Crippen LogP contribution in [0, 0.1) is 39.3 Å². The van der Waals surface area contributed by atoms with Gasteiger partial charge in [0.05, 0.1) is 66.2 Å². The van der Waals surface area contributed by atoms with Crippen LogP contribution in [0.5, 0.6) is 0 Å². The van der Waals surface area contributed by atoms with E-state index in [-0.39, 0.29) is 76.6 Å². The summed E-state index contributed by atoms with van der Waals surface area (Å²) in [6.07, 6.45) is 12.5. The Kier molecular flexibility index (Phi) is 22.8. The molecule has 0 bridgehead atoms. The van der Waals surface area contributed by atoms with Crippen molar-refractivity contribution in [3.8, 4) is 33.4 Å². The molecule has 118 heavy (non-hydrogen) atoms. The number of halogens is 2. The van der Waals surface area contributed by atoms with Crippen molar-refractivity contribution in [3.63, 3.8) is 0 Å². The second-order valence-electron chi connectivity index (χ2n) is 30.6. The monoisotopic (exact) mass is 1650 g/mol. The van der Waals surface area contributed by atoms with Gasteiger partial charge in [-0.2, -0.15) is 20.1 Å². The van der Waals surface area contributed by atoms with Crippen LogP contribution in [0.15, 0.2) is 165 Å². The van der Waals surface area contributed by atoms with E-state index in [1.54, 1.807) is 125 Å². The van der Waals surface area contributed by atoms with Gasteiger partial charge in [0.1, 0.15) is 29.1 Å². The van der Waals surface area contributed by atoms with Crippen LogP contribution in [0.3, 0.4) is 0 Å². The molecule has 6 aromatic heterocycles. The van der Waals surface area contributed by atoms with Gasteiger partial charge in [-0.05, 0) is 147 Å². The summed E-state index contributed by atoms with van der Waals surface area (Å²) in [5.74, 6) is 3.06. The molecular formula is C88H90F2N16O9S3. The number of carbonyl (C=O) groups is 3. The zero-order valence-corrected chi connectivity index (χ0v) is 69.6. The molecule has 0 aliphatic carbocycles. The van der Waals surface area contributed by atoms with E-state index in [4.69, 9.17) is 14.2 Å². The van der Waals surface area contributed by atoms with Crippen LogP contribution < -0.4 is 31.8 Å². The van der Waals surface area contributed by atoms with E-state index in [0.717, 1.165) is 130 Å². The Morgan fingerprint density at radius 3 is 1.25 bits per heavy atom. The first-order valence-corrected chi connectivity index (χ1v) is 42.2. The summed E-state index contributed by atoms with van der Waals surface area (Å²) >= 11 is 5.15. The molecule has 5 atom stereocenters. The fourth-order valence-corrected chi connectivity index (χ4v) is 22.2. The number of benzene rings is 6. The maximum Gasteiger partial charge on any atom is 0.350 e. The van der Waals surface area contributed by atoms with Crippen molar-refractivity contribution in [3.05, 3.63) is 201 Å². The first-order valence-electron chi connectivity index (χ1n) is 39.3. The number of H-pyrrole nitrogens is 1. The number of amides is 3. The molecule has 12 heterocycles. The number of ether oxygens (including phenoxy) is 3. The van der Waals surface area contributed by atoms with E-state index in [1.807, 2.05) is 43.4 Å². The first-order chi connectivity index (χ1) is 57.1. The number of hydrogen-bond donors (Lipinski definition) is 1. The number of pyridine rings is 2. The lowest BCUT2D eigenvalue weighted by molar-refractivity contribution is -0.130. The minimum Gasteiger partial charge on any atom is -0.383 e. The highest BCUT2D eigenvalue weighted by Gasteiger charge is 2.39. The van der Waals surface area contributed by atoms with Gasteiger partial charge in [-0.15, -0.1) is 35.3 Å². The number of methoxy groups -OCH3 is 3. The molecule has 30 heteroatoms. The summed E-state index contributed by atoms with van der Waals surface area (Å²) in [6.45, 7) is 30.0. The van der Waals surface area contributed by atoms with Crippen LogP contribution in [-0.4, -0.2) is 217 Å². The van der Waals surface area contributed by atoms with E-state index in [2.05, 4.69) is 114 Å². The molecule has 3 unspecified atom stereocenters. The molecule has 0 spiro atoms. The average molecular weight is 1650 g/mol. The van der Waals surface area contributed by atoms with Gasteiger partial charge in [-0.1, -0.05) is 37.9 Å². The minimum atomic E-state index is -0.332. The number of aromatic nitrogens is 10. The van der Waals surface area contributed by atoms with Crippen molar-refractivity contribution < 1.29 is 37.4 Å². The Morgan fingerprint density at radius 2 is 0.856 bits per heavy atom. The lowest BCUT2D eigenvalue weighted by Gasteiger charge is -2.45. The smallest absolute Gasteiger partial charge is 0.350 e. The summed E-state index contributed by atoms with van der Waals surface area (Å²) in [4.78, 5) is 115. The molecule has 3 amide bonds. The van der Waals surface area contributed by atoms with Gasteiger partial charge in [0.2, 0.25) is 17.7 Å². The topological polar surface area (TPSA) is 257 Å². The molecular weight excluding hydrogens is 1560 g/mol. The summed E-state index contributed by atoms with van der Waals surface area (Å²) in [5, 5.41) is 13.6. The average Bonchev–Trinajstić information content (AvgIpc) is 0.791. The highest BCUT2D eigenvalue weighted by Crippen LogP contribution is 2.52. The maximum atomic E-state index is 14.8. The van der Waals surface area contributed by atoms with Gasteiger partial charge in [0.15, 0.2) is 0 Å². The van der Waals surface area contributed by atoms with Crippen LogP contribution in [0.1, 0.15) is 54.2 Å². The quantitative estimate of drug-likeness (QED) is 0.0935. The fraction of sp³-hybridized carbons (Fsp3) is 0.341. The second kappa shape index (κ2) is 33.3. The third-order valence-electron chi connectivity index (χ3n) is 23.4. The first kappa shape index (κ1) is 80.6. The molecule has 0 saturated carbocycles. The number of anilines is 3. The molecule has 3 saturated heterocycles. The lowest BCUT2D eigenvalue weighted by Crippen LogP contribution is -2.58. The third-order valence-corrected chi connectivity index (χ3v) is 27.1. The molecule has 25 nitrogen and oxygen atoms in total. The molecule has 608 valence electrons. The molecule has 6 aliphatic heterocycles. The zero-order valence-electron chi connectivity index (χ0n) is 67.2. The highest BCUT2D eigenvalue weighted by molar-refractivity contribution is 8.00. The summed E-state index contributed by atoms with van der Waals surface area (Å²) < 4.78 is 51.3. The number of carbonyl (C=O) groups excluding carboxylic acids is 3. The van der Waals surface area contributed by atoms with Crippen LogP contribution in [0.25, 0.3) is 98.5 Å². The standard InChI is InChI=1S/C31H32FN5O3S.C29H28FN5O3S.C28H30N6O3S/c1-6-26(38)36-18(3)13-35(14-19(36)4)30-23-11-17(2)27(22-7-8-25(32)21-9-10-33-12-24(21)22)29-28(23)37(31(39)34-30)20(15-40-5)16-41-29;1-4-24(36)33-9-11-34(12-10-33)28-21-13-17(2)25(20-5-6-23(30)19-7-8-31-14-22(19)20)27-26(21)35(29(37)32-28)18(15-38-3)16-39-27;1-5-22(35)32-8-10-33(11-9-32)27-19-12-17(3)24(23-16(2)6-7-21-20(23)13-29-31-21)26-25(19)34(28(36)30-27)18(14-37-4)15-38-26/h6-12,18-20H,1,13-16H2,2-5H3;4-8,13-14,18H,1,9-12,15-16H2,2-3H3;5-7,12-13,18H,1,8-11,14-15H2,2-4H3,(H,29,31)/t18-,19+,20?;;. The van der Waals surface area contributed by atoms with Crippen LogP contribution in [-0.2, 0) is 28.6 Å². The summed E-state index contributed by atoms with van der Waals surface area (Å²) in [6, 6.07) is 19.8. The van der Waals surface area contributed by atoms with Gasteiger partial charge in [-0.3, -0.25) is 43.2 Å². The Bertz CT molecular complexity index is 6300. The van der Waals surface area contributed by atoms with Crippen molar-refractivity contribution >= 4 is 136 Å². The number of aryl methyl sites for hydroxylation is 4. The van der Waals surface area contributed by atoms with E-state index in [9.17, 15) is 37.5 Å². The maximum absolute atomic E-state index is 14.8. The number of thioether (sulfide) groups is 3. The van der Waals surface area contributed by atoms with E-state index >= 15 is 0 Å². The number of piperazine rings is 3. The Balaban J connectivity index is 0.000000132. The fourth-order valence-electron chi connectivity index (χ4n) is 18.1. The highest BCUT2D eigenvalue weighted by atomic mass is 32.2. The van der Waals surface area contributed by atoms with Crippen LogP contribution in [0.4, 0.5) is 26.2 Å². The van der Waals surface area contributed by atoms with E-state index in [1.165, 1.54) is 30.4 Å². The van der Waals surface area contributed by atoms with Gasteiger partial charge >= 0.3 is 17.1 Å². The van der Waals surface area contributed by atoms with Crippen LogP contribution in [0.2, 0.25) is 0 Å². The molecule has 3 fully saturated rings. The molecule has 6 aromatic carbocycles. The van der Waals surface area contributed by atoms with Gasteiger partial charge in [0.25, 0.3) is 0 Å². The summed E-state index contributed by atoms with van der Waals surface area (Å²) in [5.41, 5.74) is 12.8. The van der Waals surface area contributed by atoms with Gasteiger partial charge < -0.3 is 43.6 Å². The van der Waals surface area contributed by atoms with Gasteiger partial charge in [-0.25, -0.2) is 23.2 Å². The Morgan fingerprint density at radius 1 is 0.466 bits per heavy atom. The minimum absolute atomic E-state index is 0.0716. The normalized spacial score (nSPS) is 18.4. The van der Waals surface area contributed by atoms with Gasteiger partial charge in [0, 0.05) is 215 Å². The SMILES string of the molecule is C=CC(=O)N1CCN(c2nc(=O)n3c4c(c(-c5c(C)ccc6[nH]ncc56)c(C)cc24)SCC3COC)CC1.C=CC(=O)N1CCN(c2nc(=O)n3c4c(c(-c5ccc(F)c6ccncc56)c(C)cc24)SCC3COC)CC1.C=CC(=O)N1[C@H](C)CN(c2nc(=O)n3c4c(c(-c5ccc(F)c6ccncc56)c(C)cc24)SCC3COC)C[C@@H]1C. The number of rotatable bonds is 15. The Hall–Kier alpha value is -11.2. The largest absolute Gasteiger partial charge is 0.383 e. The predicted molar refractivity (Wildman–Crippen MR) is 465 cm³/mol. The van der Waals surface area contributed by atoms with E-state index < -0.39 is 0 Å². The Labute approximate surface area is 691 Å². The number of nitrogens with one attached hydrogen (secondary N) is 1.